The molecule has 1 aliphatic heterocycles. The number of hydrogen-bond acceptors (Lipinski definition) is 6. The summed E-state index contributed by atoms with van der Waals surface area (Å²) in [6, 6.07) is -0.686. The van der Waals surface area contributed by atoms with Gasteiger partial charge in [0.1, 0.15) is 12.2 Å². The Bertz CT molecular complexity index is 1190. The van der Waals surface area contributed by atoms with Gasteiger partial charge in [-0.1, -0.05) is 95.1 Å². The fourth-order valence-electron chi connectivity index (χ4n) is 4.39. The molecule has 0 aromatic rings. The predicted octanol–water partition coefficient (Wildman–Crippen LogP) is 6.69. The van der Waals surface area contributed by atoms with Crippen molar-refractivity contribution in [2.45, 2.75) is 112 Å². The molecule has 0 aromatic heterocycles. The lowest BCUT2D eigenvalue weighted by Crippen LogP contribution is -2.48. The number of ketones is 1. The molecular weight excluding hydrogens is 556 g/mol. The van der Waals surface area contributed by atoms with E-state index in [4.69, 9.17) is 9.47 Å². The van der Waals surface area contributed by atoms with E-state index in [1.54, 1.807) is 32.1 Å². The van der Waals surface area contributed by atoms with E-state index in [0.717, 1.165) is 18.4 Å². The Balaban J connectivity index is 2.69. The number of allylic oxidation sites excluding steroid dienone is 5. The van der Waals surface area contributed by atoms with Crippen LogP contribution in [0.4, 0.5) is 4.79 Å². The molecule has 1 aliphatic rings. The van der Waals surface area contributed by atoms with Gasteiger partial charge in [-0.25, -0.2) is 9.59 Å². The Labute approximate surface area is 264 Å². The van der Waals surface area contributed by atoms with Crippen LogP contribution in [0.2, 0.25) is 0 Å². The zero-order valence-corrected chi connectivity index (χ0v) is 27.8. The van der Waals surface area contributed by atoms with Crippen LogP contribution in [0.5, 0.6) is 0 Å². The summed E-state index contributed by atoms with van der Waals surface area (Å²) in [6.45, 7) is 15.8. The third-order valence-corrected chi connectivity index (χ3v) is 7.01. The fraction of sp³-hybridized carbons (Fsp3) is 0.556. The average molecular weight is 609 g/mol. The fourth-order valence-corrected chi connectivity index (χ4v) is 4.39. The number of ether oxygens (including phenoxy) is 2. The SMILES string of the molecule is CC#CC[C@@H](C/C=C\CC(=O)[C@@H](NC(=O)\C=C/C=C\C(C)=C\[C@H](C)[C@@H]1CC=C(C)C(=O)O1)C(C)(C)C)OC(=O)NCCCC. The van der Waals surface area contributed by atoms with Crippen molar-refractivity contribution in [2.75, 3.05) is 6.54 Å². The molecular formula is C36H52N2O6. The van der Waals surface area contributed by atoms with Gasteiger partial charge in [-0.05, 0) is 32.6 Å². The first-order chi connectivity index (χ1) is 20.8. The molecule has 8 nitrogen and oxygen atoms in total. The Hall–Kier alpha value is -3.86. The van der Waals surface area contributed by atoms with Crippen molar-refractivity contribution in [1.29, 1.82) is 0 Å². The summed E-state index contributed by atoms with van der Waals surface area (Å²) in [6.07, 6.45) is 16.6. The van der Waals surface area contributed by atoms with Crippen LogP contribution in [0.3, 0.4) is 0 Å². The van der Waals surface area contributed by atoms with Crippen molar-refractivity contribution >= 4 is 23.8 Å². The highest BCUT2D eigenvalue weighted by atomic mass is 16.6. The Morgan fingerprint density at radius 3 is 2.52 bits per heavy atom. The van der Waals surface area contributed by atoms with Crippen LogP contribution < -0.4 is 10.6 Å². The molecule has 0 saturated heterocycles. The summed E-state index contributed by atoms with van der Waals surface area (Å²) in [5.74, 6) is 5.06. The first-order valence-electron chi connectivity index (χ1n) is 15.5. The zero-order valence-electron chi connectivity index (χ0n) is 27.8. The molecule has 1 rings (SSSR count). The van der Waals surface area contributed by atoms with Crippen molar-refractivity contribution in [3.05, 3.63) is 59.8 Å². The second-order valence-electron chi connectivity index (χ2n) is 12.2. The van der Waals surface area contributed by atoms with Crippen molar-refractivity contribution in [2.24, 2.45) is 11.3 Å². The monoisotopic (exact) mass is 608 g/mol. The molecule has 0 unspecified atom stereocenters. The van der Waals surface area contributed by atoms with Gasteiger partial charge in [0.15, 0.2) is 5.78 Å². The second kappa shape index (κ2) is 20.2. The molecule has 2 N–H and O–H groups in total. The number of cyclic esters (lactones) is 1. The van der Waals surface area contributed by atoms with Gasteiger partial charge in [-0.3, -0.25) is 9.59 Å². The van der Waals surface area contributed by atoms with E-state index in [1.807, 2.05) is 65.8 Å². The van der Waals surface area contributed by atoms with Crippen molar-refractivity contribution in [3.8, 4) is 11.8 Å². The number of Topliss-reactive ketones (excluding diaryl/α,β-unsaturated/α-hetero) is 1. The van der Waals surface area contributed by atoms with Crippen molar-refractivity contribution in [1.82, 2.24) is 10.6 Å². The van der Waals surface area contributed by atoms with E-state index in [-0.39, 0.29) is 36.1 Å². The number of hydrogen-bond donors (Lipinski definition) is 2. The van der Waals surface area contributed by atoms with Crippen LogP contribution >= 0.6 is 0 Å². The molecule has 0 aliphatic carbocycles. The van der Waals surface area contributed by atoms with Gasteiger partial charge in [0.25, 0.3) is 0 Å². The van der Waals surface area contributed by atoms with Gasteiger partial charge in [0.2, 0.25) is 5.91 Å². The third kappa shape index (κ3) is 15.6. The molecule has 0 saturated carbocycles. The van der Waals surface area contributed by atoms with Gasteiger partial charge >= 0.3 is 12.1 Å². The van der Waals surface area contributed by atoms with E-state index in [0.29, 0.717) is 31.4 Å². The minimum atomic E-state index is -0.686. The molecule has 2 amide bonds. The van der Waals surface area contributed by atoms with Gasteiger partial charge in [-0.15, -0.1) is 5.92 Å². The number of nitrogens with one attached hydrogen (secondary N) is 2. The zero-order chi connectivity index (χ0) is 33.1. The summed E-state index contributed by atoms with van der Waals surface area (Å²) in [5, 5.41) is 5.59. The number of carbonyl (C=O) groups is 4. The highest BCUT2D eigenvalue weighted by Gasteiger charge is 2.31. The van der Waals surface area contributed by atoms with E-state index < -0.39 is 23.7 Å². The first-order valence-corrected chi connectivity index (χ1v) is 15.5. The van der Waals surface area contributed by atoms with Gasteiger partial charge in [0.05, 0.1) is 6.04 Å². The van der Waals surface area contributed by atoms with Crippen LogP contribution in [-0.2, 0) is 23.9 Å². The smallest absolute Gasteiger partial charge is 0.407 e. The number of amides is 2. The summed E-state index contributed by atoms with van der Waals surface area (Å²) < 4.78 is 11.0. The number of rotatable bonds is 16. The lowest BCUT2D eigenvalue weighted by atomic mass is 9.83. The first kappa shape index (κ1) is 38.2. The van der Waals surface area contributed by atoms with Crippen LogP contribution in [0.1, 0.15) is 93.9 Å². The number of alkyl carbamates (subject to hydrolysis) is 1. The normalized spacial score (nSPS) is 17.8. The van der Waals surface area contributed by atoms with E-state index in [1.165, 1.54) is 6.08 Å². The number of esters is 1. The molecule has 242 valence electrons. The minimum absolute atomic E-state index is 0.0475. The minimum Gasteiger partial charge on any atom is -0.458 e. The molecule has 4 atom stereocenters. The maximum absolute atomic E-state index is 13.1. The van der Waals surface area contributed by atoms with E-state index >= 15 is 0 Å². The topological polar surface area (TPSA) is 111 Å². The standard InChI is InChI=1S/C36H52N2O6/c1-9-11-18-29(43-35(42)37-24-12-10-2)19-14-15-20-30(39)33(36(6,7)8)38-32(40)21-16-13-17-26(3)25-28(5)31-23-22-27(4)34(41)44-31/h13-17,21-22,25,28-29,31,33H,10,12,18-20,23-24H2,1-8H3,(H,37,42)(H,38,40)/b15-14-,17-13-,21-16-,26-25+/t28-,29-,31-,33+/m0/s1. The number of carbonyl (C=O) groups excluding carboxylic acids is 4. The Morgan fingerprint density at radius 1 is 1.18 bits per heavy atom. The molecule has 0 aromatic carbocycles. The summed E-state index contributed by atoms with van der Waals surface area (Å²) in [4.78, 5) is 49.6. The van der Waals surface area contributed by atoms with Gasteiger partial charge in [0, 0.05) is 49.8 Å². The summed E-state index contributed by atoms with van der Waals surface area (Å²) in [5.41, 5.74) is 1.13. The Kier molecular flexibility index (Phi) is 17.5. The number of unbranched alkanes of at least 4 members (excludes halogenated alkanes) is 1. The highest BCUT2D eigenvalue weighted by molar-refractivity contribution is 5.94. The van der Waals surface area contributed by atoms with E-state index in [2.05, 4.69) is 22.5 Å². The lowest BCUT2D eigenvalue weighted by Gasteiger charge is -2.29. The molecule has 0 radical (unpaired) electrons. The molecule has 1 heterocycles. The highest BCUT2D eigenvalue weighted by Crippen LogP contribution is 2.23. The van der Waals surface area contributed by atoms with E-state index in [9.17, 15) is 19.2 Å². The molecule has 0 bridgehead atoms. The third-order valence-electron chi connectivity index (χ3n) is 7.01. The van der Waals surface area contributed by atoms with Gasteiger partial charge < -0.3 is 20.1 Å². The van der Waals surface area contributed by atoms with Crippen LogP contribution in [0.25, 0.3) is 0 Å². The Morgan fingerprint density at radius 2 is 1.89 bits per heavy atom. The van der Waals surface area contributed by atoms with Crippen LogP contribution in [-0.4, -0.2) is 48.5 Å². The molecule has 0 fully saturated rings. The van der Waals surface area contributed by atoms with Gasteiger partial charge in [-0.2, -0.15) is 0 Å². The van der Waals surface area contributed by atoms with Crippen molar-refractivity contribution < 1.29 is 28.7 Å². The maximum atomic E-state index is 13.1. The largest absolute Gasteiger partial charge is 0.458 e. The van der Waals surface area contributed by atoms with Crippen LogP contribution in [0.15, 0.2) is 59.8 Å². The average Bonchev–Trinajstić information content (AvgIpc) is 2.95. The maximum Gasteiger partial charge on any atom is 0.407 e. The predicted molar refractivity (Wildman–Crippen MR) is 175 cm³/mol. The second-order valence-corrected chi connectivity index (χ2v) is 12.2. The quantitative estimate of drug-likeness (QED) is 0.0505. The molecule has 44 heavy (non-hydrogen) atoms. The lowest BCUT2D eigenvalue weighted by molar-refractivity contribution is -0.147. The molecule has 8 heteroatoms. The van der Waals surface area contributed by atoms with Crippen LogP contribution in [0, 0.1) is 23.2 Å². The summed E-state index contributed by atoms with van der Waals surface area (Å²) in [7, 11) is 0. The summed E-state index contributed by atoms with van der Waals surface area (Å²) >= 11 is 0. The molecule has 0 spiro atoms. The van der Waals surface area contributed by atoms with Crippen molar-refractivity contribution in [3.63, 3.8) is 0 Å².